The molecule has 0 aliphatic rings. The average molecular weight is 370 g/mol. The van der Waals surface area contributed by atoms with E-state index >= 15 is 0 Å². The van der Waals surface area contributed by atoms with Crippen molar-refractivity contribution in [1.82, 2.24) is 10.6 Å². The number of carbonyl (C=O) groups is 1. The van der Waals surface area contributed by atoms with Crippen molar-refractivity contribution in [2.24, 2.45) is 10.7 Å². The maximum Gasteiger partial charge on any atom is 0.248 e. The quantitative estimate of drug-likeness (QED) is 0.485. The van der Waals surface area contributed by atoms with Crippen LogP contribution in [-0.2, 0) is 13.0 Å². The van der Waals surface area contributed by atoms with Crippen molar-refractivity contribution < 1.29 is 14.3 Å². The van der Waals surface area contributed by atoms with E-state index in [1.54, 1.807) is 33.4 Å². The zero-order chi connectivity index (χ0) is 19.6. The fourth-order valence-corrected chi connectivity index (χ4v) is 2.60. The maximum absolute atomic E-state index is 11.3. The molecule has 4 N–H and O–H groups in total. The standard InChI is InChI=1S/C20H26N4O3/c1-22-20(24-13-15-5-4-6-16(11-15)19(21)25)23-10-9-14-7-8-17(26-2)18(12-14)27-3/h4-8,11-12H,9-10,13H2,1-3H3,(H2,21,25)(H2,22,23,24). The number of nitrogens with zero attached hydrogens (tertiary/aromatic N) is 1. The first-order valence-corrected chi connectivity index (χ1v) is 8.61. The summed E-state index contributed by atoms with van der Waals surface area (Å²) in [7, 11) is 4.96. The molecule has 1 amide bonds. The SMILES string of the molecule is CN=C(NCCc1ccc(OC)c(OC)c1)NCc1cccc(C(N)=O)c1. The van der Waals surface area contributed by atoms with E-state index in [1.807, 2.05) is 30.3 Å². The minimum absolute atomic E-state index is 0.436. The summed E-state index contributed by atoms with van der Waals surface area (Å²) in [5.74, 6) is 1.67. The second-order valence-corrected chi connectivity index (χ2v) is 5.86. The number of methoxy groups -OCH3 is 2. The fourth-order valence-electron chi connectivity index (χ4n) is 2.60. The van der Waals surface area contributed by atoms with Crippen molar-refractivity contribution in [3.63, 3.8) is 0 Å². The van der Waals surface area contributed by atoms with Crippen LogP contribution < -0.4 is 25.8 Å². The molecule has 0 unspecified atom stereocenters. The molecule has 2 aromatic rings. The number of hydrogen-bond acceptors (Lipinski definition) is 4. The summed E-state index contributed by atoms with van der Waals surface area (Å²) < 4.78 is 10.6. The van der Waals surface area contributed by atoms with E-state index in [9.17, 15) is 4.79 Å². The van der Waals surface area contributed by atoms with Crippen molar-refractivity contribution in [1.29, 1.82) is 0 Å². The van der Waals surface area contributed by atoms with Crippen LogP contribution in [0.1, 0.15) is 21.5 Å². The first kappa shape index (κ1) is 20.1. The van der Waals surface area contributed by atoms with Crippen LogP contribution in [0.5, 0.6) is 11.5 Å². The van der Waals surface area contributed by atoms with E-state index in [0.717, 1.165) is 17.5 Å². The number of nitrogens with two attached hydrogens (primary N) is 1. The van der Waals surface area contributed by atoms with E-state index in [1.165, 1.54) is 0 Å². The van der Waals surface area contributed by atoms with E-state index in [-0.39, 0.29) is 0 Å². The third-order valence-corrected chi connectivity index (χ3v) is 4.05. The van der Waals surface area contributed by atoms with Gasteiger partial charge >= 0.3 is 0 Å². The Morgan fingerprint density at radius 2 is 1.81 bits per heavy atom. The van der Waals surface area contributed by atoms with Crippen molar-refractivity contribution in [2.45, 2.75) is 13.0 Å². The molecule has 0 aliphatic carbocycles. The summed E-state index contributed by atoms with van der Waals surface area (Å²) in [5.41, 5.74) is 7.89. The Hall–Kier alpha value is -3.22. The van der Waals surface area contributed by atoms with Crippen LogP contribution in [0.3, 0.4) is 0 Å². The van der Waals surface area contributed by atoms with Gasteiger partial charge in [0.25, 0.3) is 0 Å². The number of hydrogen-bond donors (Lipinski definition) is 3. The molecule has 2 rings (SSSR count). The fraction of sp³-hybridized carbons (Fsp3) is 0.300. The normalized spacial score (nSPS) is 11.0. The van der Waals surface area contributed by atoms with Crippen LogP contribution in [0.2, 0.25) is 0 Å². The number of amides is 1. The van der Waals surface area contributed by atoms with E-state index in [4.69, 9.17) is 15.2 Å². The Kier molecular flexibility index (Phi) is 7.49. The molecule has 144 valence electrons. The highest BCUT2D eigenvalue weighted by Gasteiger charge is 2.05. The van der Waals surface area contributed by atoms with E-state index in [0.29, 0.717) is 36.1 Å². The van der Waals surface area contributed by atoms with Gasteiger partial charge < -0.3 is 25.8 Å². The lowest BCUT2D eigenvalue weighted by atomic mass is 10.1. The number of rotatable bonds is 8. The van der Waals surface area contributed by atoms with Crippen LogP contribution in [0.4, 0.5) is 0 Å². The van der Waals surface area contributed by atoms with Gasteiger partial charge in [-0.05, 0) is 41.8 Å². The van der Waals surface area contributed by atoms with Crippen molar-refractivity contribution in [3.8, 4) is 11.5 Å². The van der Waals surface area contributed by atoms with Crippen LogP contribution in [0.15, 0.2) is 47.5 Å². The Morgan fingerprint density at radius 3 is 2.48 bits per heavy atom. The van der Waals surface area contributed by atoms with Gasteiger partial charge in [0.1, 0.15) is 0 Å². The summed E-state index contributed by atoms with van der Waals surface area (Å²) >= 11 is 0. The van der Waals surface area contributed by atoms with Crippen LogP contribution in [0, 0.1) is 0 Å². The first-order chi connectivity index (χ1) is 13.1. The Labute approximate surface area is 159 Å². The molecule has 0 saturated carbocycles. The largest absolute Gasteiger partial charge is 0.493 e. The predicted octanol–water partition coefficient (Wildman–Crippen LogP) is 1.71. The number of nitrogens with one attached hydrogen (secondary N) is 2. The lowest BCUT2D eigenvalue weighted by Gasteiger charge is -2.13. The Bertz CT molecular complexity index is 806. The minimum Gasteiger partial charge on any atom is -0.493 e. The van der Waals surface area contributed by atoms with E-state index in [2.05, 4.69) is 15.6 Å². The molecule has 0 bridgehead atoms. The first-order valence-electron chi connectivity index (χ1n) is 8.61. The molecule has 0 spiro atoms. The van der Waals surface area contributed by atoms with Gasteiger partial charge in [0, 0.05) is 25.7 Å². The average Bonchev–Trinajstić information content (AvgIpc) is 2.70. The molecule has 0 fully saturated rings. The van der Waals surface area contributed by atoms with Gasteiger partial charge in [0.2, 0.25) is 5.91 Å². The molecule has 0 aromatic heterocycles. The molecule has 7 nitrogen and oxygen atoms in total. The second-order valence-electron chi connectivity index (χ2n) is 5.86. The zero-order valence-electron chi connectivity index (χ0n) is 15.9. The molecule has 0 aliphatic heterocycles. The zero-order valence-corrected chi connectivity index (χ0v) is 15.9. The van der Waals surface area contributed by atoms with Gasteiger partial charge in [-0.3, -0.25) is 9.79 Å². The van der Waals surface area contributed by atoms with Crippen LogP contribution >= 0.6 is 0 Å². The van der Waals surface area contributed by atoms with Gasteiger partial charge in [-0.25, -0.2) is 0 Å². The number of benzene rings is 2. The van der Waals surface area contributed by atoms with Gasteiger partial charge in [-0.15, -0.1) is 0 Å². The van der Waals surface area contributed by atoms with Crippen molar-refractivity contribution in [2.75, 3.05) is 27.8 Å². The number of aliphatic imine (C=N–C) groups is 1. The van der Waals surface area contributed by atoms with Crippen LogP contribution in [0.25, 0.3) is 0 Å². The van der Waals surface area contributed by atoms with Gasteiger partial charge in [-0.2, -0.15) is 0 Å². The van der Waals surface area contributed by atoms with Crippen molar-refractivity contribution in [3.05, 3.63) is 59.2 Å². The van der Waals surface area contributed by atoms with E-state index < -0.39 is 5.91 Å². The molecular weight excluding hydrogens is 344 g/mol. The summed E-state index contributed by atoms with van der Waals surface area (Å²) in [5, 5.41) is 6.49. The number of primary amides is 1. The van der Waals surface area contributed by atoms with Gasteiger partial charge in [0.05, 0.1) is 14.2 Å². The molecule has 0 radical (unpaired) electrons. The third-order valence-electron chi connectivity index (χ3n) is 4.05. The number of ether oxygens (including phenoxy) is 2. The van der Waals surface area contributed by atoms with Crippen molar-refractivity contribution >= 4 is 11.9 Å². The topological polar surface area (TPSA) is 98.0 Å². The summed E-state index contributed by atoms with van der Waals surface area (Å²) in [4.78, 5) is 15.5. The molecular formula is C20H26N4O3. The summed E-state index contributed by atoms with van der Waals surface area (Å²) in [6, 6.07) is 13.1. The lowest BCUT2D eigenvalue weighted by molar-refractivity contribution is 0.1000. The molecule has 7 heteroatoms. The van der Waals surface area contributed by atoms with Gasteiger partial charge in [0.15, 0.2) is 17.5 Å². The Morgan fingerprint density at radius 1 is 1.04 bits per heavy atom. The highest BCUT2D eigenvalue weighted by molar-refractivity contribution is 5.92. The minimum atomic E-state index is -0.436. The molecule has 2 aromatic carbocycles. The number of carbonyl (C=O) groups excluding carboxylic acids is 1. The second kappa shape index (κ2) is 10.1. The summed E-state index contributed by atoms with van der Waals surface area (Å²) in [6.07, 6.45) is 0.804. The smallest absolute Gasteiger partial charge is 0.248 e. The Balaban J connectivity index is 1.85. The predicted molar refractivity (Wildman–Crippen MR) is 106 cm³/mol. The third kappa shape index (κ3) is 5.91. The highest BCUT2D eigenvalue weighted by atomic mass is 16.5. The molecule has 0 saturated heterocycles. The number of guanidine groups is 1. The highest BCUT2D eigenvalue weighted by Crippen LogP contribution is 2.27. The van der Waals surface area contributed by atoms with Crippen LogP contribution in [-0.4, -0.2) is 39.7 Å². The maximum atomic E-state index is 11.3. The van der Waals surface area contributed by atoms with Gasteiger partial charge in [-0.1, -0.05) is 18.2 Å². The molecule has 0 heterocycles. The lowest BCUT2D eigenvalue weighted by Crippen LogP contribution is -2.37. The summed E-state index contributed by atoms with van der Waals surface area (Å²) in [6.45, 7) is 1.24. The molecule has 0 atom stereocenters. The monoisotopic (exact) mass is 370 g/mol. The molecule has 27 heavy (non-hydrogen) atoms.